The number of rotatable bonds is 8. The predicted molar refractivity (Wildman–Crippen MR) is 123 cm³/mol. The van der Waals surface area contributed by atoms with Crippen LogP contribution in [0.25, 0.3) is 0 Å². The number of nitrogens with zero attached hydrogens (tertiary/aromatic N) is 1. The van der Waals surface area contributed by atoms with E-state index in [2.05, 4.69) is 45.2 Å². The zero-order chi connectivity index (χ0) is 20.6. The number of halogens is 2. The van der Waals surface area contributed by atoms with Gasteiger partial charge in [0.1, 0.15) is 5.75 Å². The molecule has 3 rings (SSSR count). The highest BCUT2D eigenvalue weighted by atomic mass is 79.9. The van der Waals surface area contributed by atoms with Gasteiger partial charge in [-0.2, -0.15) is 0 Å². The lowest BCUT2D eigenvalue weighted by atomic mass is 9.99. The van der Waals surface area contributed by atoms with Gasteiger partial charge in [-0.05, 0) is 74.2 Å². The summed E-state index contributed by atoms with van der Waals surface area (Å²) in [5.74, 6) is 1.48. The van der Waals surface area contributed by atoms with Gasteiger partial charge in [-0.15, -0.1) is 0 Å². The van der Waals surface area contributed by atoms with Gasteiger partial charge in [-0.1, -0.05) is 46.6 Å². The molecule has 1 heterocycles. The van der Waals surface area contributed by atoms with Crippen molar-refractivity contribution in [2.24, 2.45) is 5.92 Å². The number of hydrogen-bond acceptors (Lipinski definition) is 3. The lowest BCUT2D eigenvalue weighted by Crippen LogP contribution is -2.32. The normalized spacial score (nSPS) is 15.3. The molecule has 0 radical (unpaired) electrons. The molecule has 6 heteroatoms. The Morgan fingerprint density at radius 3 is 2.62 bits per heavy atom. The van der Waals surface area contributed by atoms with E-state index in [1.165, 1.54) is 31.5 Å². The van der Waals surface area contributed by atoms with Gasteiger partial charge >= 0.3 is 0 Å². The molecule has 1 aliphatic heterocycles. The average Bonchev–Trinajstić information content (AvgIpc) is 2.70. The Kier molecular flexibility index (Phi) is 8.40. The summed E-state index contributed by atoms with van der Waals surface area (Å²) >= 11 is 9.49. The summed E-state index contributed by atoms with van der Waals surface area (Å²) in [5, 5.41) is 3.51. The molecule has 1 N–H and O–H groups in total. The standard InChI is InChI=1S/C23H28BrClN2O2/c1-17-10-12-27(13-11-17)16-18-4-7-20(8-5-18)26-23(28)3-2-14-29-22-9-6-19(24)15-21(22)25/h4-9,15,17H,2-3,10-14,16H2,1H3,(H,26,28). The van der Waals surface area contributed by atoms with Crippen molar-refractivity contribution in [2.75, 3.05) is 25.0 Å². The lowest BCUT2D eigenvalue weighted by Gasteiger charge is -2.30. The summed E-state index contributed by atoms with van der Waals surface area (Å²) in [7, 11) is 0. The third-order valence-corrected chi connectivity index (χ3v) is 6.01. The van der Waals surface area contributed by atoms with E-state index in [4.69, 9.17) is 16.3 Å². The zero-order valence-corrected chi connectivity index (χ0v) is 19.1. The smallest absolute Gasteiger partial charge is 0.224 e. The first-order valence-electron chi connectivity index (χ1n) is 10.2. The molecule has 0 atom stereocenters. The predicted octanol–water partition coefficient (Wildman–Crippen LogP) is 6.13. The summed E-state index contributed by atoms with van der Waals surface area (Å²) in [6.45, 7) is 6.11. The van der Waals surface area contributed by atoms with Gasteiger partial charge in [-0.25, -0.2) is 0 Å². The van der Waals surface area contributed by atoms with Gasteiger partial charge in [0.15, 0.2) is 0 Å². The monoisotopic (exact) mass is 478 g/mol. The molecule has 1 aliphatic rings. The molecule has 0 bridgehead atoms. The van der Waals surface area contributed by atoms with Crippen molar-refractivity contribution in [3.8, 4) is 5.75 Å². The zero-order valence-electron chi connectivity index (χ0n) is 16.8. The van der Waals surface area contributed by atoms with Gasteiger partial charge in [0.25, 0.3) is 0 Å². The highest BCUT2D eigenvalue weighted by Gasteiger charge is 2.15. The molecule has 1 fully saturated rings. The Morgan fingerprint density at radius 1 is 1.21 bits per heavy atom. The molecule has 2 aromatic carbocycles. The largest absolute Gasteiger partial charge is 0.492 e. The van der Waals surface area contributed by atoms with Crippen LogP contribution in [0, 0.1) is 5.92 Å². The Balaban J connectivity index is 1.36. The van der Waals surface area contributed by atoms with E-state index in [-0.39, 0.29) is 5.91 Å². The first-order valence-corrected chi connectivity index (χ1v) is 11.4. The number of likely N-dealkylation sites (tertiary alicyclic amines) is 1. The van der Waals surface area contributed by atoms with Crippen LogP contribution in [0.1, 0.15) is 38.2 Å². The van der Waals surface area contributed by atoms with Gasteiger partial charge < -0.3 is 10.1 Å². The summed E-state index contributed by atoms with van der Waals surface area (Å²) < 4.78 is 6.56. The quantitative estimate of drug-likeness (QED) is 0.463. The van der Waals surface area contributed by atoms with Crippen molar-refractivity contribution in [3.63, 3.8) is 0 Å². The number of carbonyl (C=O) groups excluding carboxylic acids is 1. The lowest BCUT2D eigenvalue weighted by molar-refractivity contribution is -0.116. The second-order valence-corrected chi connectivity index (χ2v) is 9.05. The number of nitrogens with one attached hydrogen (secondary N) is 1. The van der Waals surface area contributed by atoms with Crippen molar-refractivity contribution in [3.05, 3.63) is 57.5 Å². The summed E-state index contributed by atoms with van der Waals surface area (Å²) in [5.41, 5.74) is 2.13. The van der Waals surface area contributed by atoms with Gasteiger partial charge in [0, 0.05) is 23.1 Å². The van der Waals surface area contributed by atoms with Gasteiger partial charge in [-0.3, -0.25) is 9.69 Å². The van der Waals surface area contributed by atoms with Crippen LogP contribution in [-0.2, 0) is 11.3 Å². The maximum absolute atomic E-state index is 12.2. The van der Waals surface area contributed by atoms with E-state index in [0.29, 0.717) is 30.2 Å². The second kappa shape index (κ2) is 11.0. The number of anilines is 1. The van der Waals surface area contributed by atoms with E-state index in [1.807, 2.05) is 24.3 Å². The maximum Gasteiger partial charge on any atom is 0.224 e. The molecule has 0 unspecified atom stereocenters. The molecule has 0 aromatic heterocycles. The summed E-state index contributed by atoms with van der Waals surface area (Å²) in [4.78, 5) is 14.7. The van der Waals surface area contributed by atoms with E-state index in [9.17, 15) is 4.79 Å². The second-order valence-electron chi connectivity index (χ2n) is 7.73. The summed E-state index contributed by atoms with van der Waals surface area (Å²) in [6, 6.07) is 13.7. The molecule has 156 valence electrons. The molecule has 29 heavy (non-hydrogen) atoms. The Labute approximate surface area is 186 Å². The number of hydrogen-bond donors (Lipinski definition) is 1. The minimum atomic E-state index is -0.00623. The van der Waals surface area contributed by atoms with E-state index in [1.54, 1.807) is 6.07 Å². The van der Waals surface area contributed by atoms with Crippen LogP contribution in [-0.4, -0.2) is 30.5 Å². The topological polar surface area (TPSA) is 41.6 Å². The number of carbonyl (C=O) groups is 1. The average molecular weight is 480 g/mol. The highest BCUT2D eigenvalue weighted by molar-refractivity contribution is 9.10. The molecule has 2 aromatic rings. The van der Waals surface area contributed by atoms with Crippen LogP contribution >= 0.6 is 27.5 Å². The number of ether oxygens (including phenoxy) is 1. The van der Waals surface area contributed by atoms with Crippen molar-refractivity contribution in [1.29, 1.82) is 0 Å². The van der Waals surface area contributed by atoms with Crippen LogP contribution in [0.5, 0.6) is 5.75 Å². The molecule has 1 amide bonds. The van der Waals surface area contributed by atoms with E-state index in [0.717, 1.165) is 22.6 Å². The number of amides is 1. The van der Waals surface area contributed by atoms with E-state index >= 15 is 0 Å². The maximum atomic E-state index is 12.2. The third kappa shape index (κ3) is 7.32. The first kappa shape index (κ1) is 22.1. The van der Waals surface area contributed by atoms with Crippen molar-refractivity contribution in [2.45, 2.75) is 39.2 Å². The van der Waals surface area contributed by atoms with Crippen molar-refractivity contribution >= 4 is 39.1 Å². The first-order chi connectivity index (χ1) is 14.0. The van der Waals surface area contributed by atoms with Crippen LogP contribution in [0.2, 0.25) is 5.02 Å². The molecular weight excluding hydrogens is 452 g/mol. The Hall–Kier alpha value is -1.56. The molecule has 4 nitrogen and oxygen atoms in total. The van der Waals surface area contributed by atoms with Crippen molar-refractivity contribution in [1.82, 2.24) is 4.90 Å². The highest BCUT2D eigenvalue weighted by Crippen LogP contribution is 2.27. The van der Waals surface area contributed by atoms with Crippen LogP contribution < -0.4 is 10.1 Å². The minimum absolute atomic E-state index is 0.00623. The van der Waals surface area contributed by atoms with Crippen LogP contribution in [0.4, 0.5) is 5.69 Å². The molecule has 0 aliphatic carbocycles. The molecule has 0 saturated carbocycles. The third-order valence-electron chi connectivity index (χ3n) is 5.22. The molecule has 1 saturated heterocycles. The molecule has 0 spiro atoms. The Morgan fingerprint density at radius 2 is 1.93 bits per heavy atom. The summed E-state index contributed by atoms with van der Waals surface area (Å²) in [6.07, 6.45) is 3.60. The number of piperidine rings is 1. The van der Waals surface area contributed by atoms with E-state index < -0.39 is 0 Å². The van der Waals surface area contributed by atoms with Gasteiger partial charge in [0.05, 0.1) is 11.6 Å². The fourth-order valence-electron chi connectivity index (χ4n) is 3.40. The molecular formula is C23H28BrClN2O2. The van der Waals surface area contributed by atoms with Crippen molar-refractivity contribution < 1.29 is 9.53 Å². The Bertz CT molecular complexity index is 805. The fourth-order valence-corrected chi connectivity index (χ4v) is 4.13. The minimum Gasteiger partial charge on any atom is -0.492 e. The fraction of sp³-hybridized carbons (Fsp3) is 0.435. The van der Waals surface area contributed by atoms with Crippen LogP contribution in [0.3, 0.4) is 0 Å². The SMILES string of the molecule is CC1CCN(Cc2ccc(NC(=O)CCCOc3ccc(Br)cc3Cl)cc2)CC1. The number of benzene rings is 2. The van der Waals surface area contributed by atoms with Crippen LogP contribution in [0.15, 0.2) is 46.9 Å². The van der Waals surface area contributed by atoms with Gasteiger partial charge in [0.2, 0.25) is 5.91 Å².